The Kier molecular flexibility index (Phi) is 4.61. The van der Waals surface area contributed by atoms with Gasteiger partial charge in [0.25, 0.3) is 0 Å². The highest BCUT2D eigenvalue weighted by molar-refractivity contribution is 9.11. The van der Waals surface area contributed by atoms with Crippen molar-refractivity contribution in [1.29, 1.82) is 0 Å². The molecule has 0 radical (unpaired) electrons. The van der Waals surface area contributed by atoms with Gasteiger partial charge in [-0.3, -0.25) is 4.90 Å². The number of rotatable bonds is 1. The molecule has 1 saturated carbocycles. The summed E-state index contributed by atoms with van der Waals surface area (Å²) in [7, 11) is 0. The summed E-state index contributed by atoms with van der Waals surface area (Å²) in [6.45, 7) is 6.05. The van der Waals surface area contributed by atoms with Gasteiger partial charge in [-0.25, -0.2) is 0 Å². The minimum atomic E-state index is -0.381. The number of fused-ring (bicyclic) bond motifs is 2. The first-order valence-corrected chi connectivity index (χ1v) is 10.3. The van der Waals surface area contributed by atoms with E-state index in [9.17, 15) is 0 Å². The molecule has 1 aliphatic carbocycles. The first kappa shape index (κ1) is 17.1. The topological polar surface area (TPSA) is 30.9 Å². The smallest absolute Gasteiger partial charge is 0.200 e. The number of halogens is 2. The molecule has 4 nitrogen and oxygen atoms in total. The highest BCUT2D eigenvalue weighted by Gasteiger charge is 2.54. The van der Waals surface area contributed by atoms with Crippen LogP contribution in [0.25, 0.3) is 0 Å². The predicted octanol–water partition coefficient (Wildman–Crippen LogP) is 4.73. The van der Waals surface area contributed by atoms with Crippen molar-refractivity contribution in [2.75, 3.05) is 13.1 Å². The average Bonchev–Trinajstić information content (AvgIpc) is 2.52. The Balaban J connectivity index is 1.74. The lowest BCUT2D eigenvalue weighted by atomic mass is 9.85. The molecule has 132 valence electrons. The zero-order valence-corrected chi connectivity index (χ0v) is 17.2. The molecule has 3 aliphatic rings. The summed E-state index contributed by atoms with van der Waals surface area (Å²) in [5.41, 5.74) is -0.381. The SMILES string of the molecule is CC1CN(C23CCCCC2Oc2cc(Br)cc(Br)c2O3)CC(C)O1. The van der Waals surface area contributed by atoms with Gasteiger partial charge >= 0.3 is 0 Å². The van der Waals surface area contributed by atoms with E-state index in [0.29, 0.717) is 0 Å². The molecule has 0 spiro atoms. The van der Waals surface area contributed by atoms with E-state index in [4.69, 9.17) is 14.2 Å². The third-order valence-corrected chi connectivity index (χ3v) is 6.28. The lowest BCUT2D eigenvalue weighted by Crippen LogP contribution is -2.68. The maximum absolute atomic E-state index is 6.72. The van der Waals surface area contributed by atoms with Crippen LogP contribution < -0.4 is 9.47 Å². The number of morpholine rings is 1. The predicted molar refractivity (Wildman–Crippen MR) is 99.7 cm³/mol. The van der Waals surface area contributed by atoms with Crippen molar-refractivity contribution in [3.8, 4) is 11.5 Å². The molecule has 0 amide bonds. The minimum Gasteiger partial charge on any atom is -0.481 e. The molecule has 4 unspecified atom stereocenters. The Labute approximate surface area is 160 Å². The Morgan fingerprint density at radius 1 is 1.12 bits per heavy atom. The molecule has 2 fully saturated rings. The van der Waals surface area contributed by atoms with E-state index in [1.807, 2.05) is 12.1 Å². The van der Waals surface area contributed by atoms with Crippen LogP contribution in [0, 0.1) is 0 Å². The third kappa shape index (κ3) is 2.89. The molecular weight excluding hydrogens is 438 g/mol. The maximum Gasteiger partial charge on any atom is 0.200 e. The van der Waals surface area contributed by atoms with Crippen molar-refractivity contribution in [2.45, 2.75) is 63.6 Å². The second-order valence-electron chi connectivity index (χ2n) is 7.18. The third-order valence-electron chi connectivity index (χ3n) is 5.23. The second-order valence-corrected chi connectivity index (χ2v) is 8.95. The number of ether oxygens (including phenoxy) is 3. The van der Waals surface area contributed by atoms with Crippen LogP contribution in [-0.4, -0.2) is 42.0 Å². The molecule has 2 heterocycles. The van der Waals surface area contributed by atoms with Gasteiger partial charge < -0.3 is 14.2 Å². The molecule has 1 aromatic carbocycles. The average molecular weight is 461 g/mol. The van der Waals surface area contributed by atoms with Crippen molar-refractivity contribution < 1.29 is 14.2 Å². The number of benzene rings is 1. The number of nitrogens with zero attached hydrogens (tertiary/aromatic N) is 1. The van der Waals surface area contributed by atoms with Crippen molar-refractivity contribution in [2.24, 2.45) is 0 Å². The Bertz CT molecular complexity index is 631. The molecule has 4 atom stereocenters. The fourth-order valence-electron chi connectivity index (χ4n) is 4.33. The van der Waals surface area contributed by atoms with Gasteiger partial charge in [-0.15, -0.1) is 0 Å². The number of hydrogen-bond acceptors (Lipinski definition) is 4. The van der Waals surface area contributed by atoms with Crippen molar-refractivity contribution >= 4 is 31.9 Å². The maximum atomic E-state index is 6.72. The molecule has 1 saturated heterocycles. The fraction of sp³-hybridized carbons (Fsp3) is 0.667. The molecule has 2 aliphatic heterocycles. The second kappa shape index (κ2) is 6.45. The molecule has 4 rings (SSSR count). The van der Waals surface area contributed by atoms with Crippen LogP contribution in [-0.2, 0) is 4.74 Å². The summed E-state index contributed by atoms with van der Waals surface area (Å²) in [6, 6.07) is 4.02. The molecule has 0 N–H and O–H groups in total. The van der Waals surface area contributed by atoms with E-state index in [1.165, 1.54) is 12.8 Å². The van der Waals surface area contributed by atoms with Crippen LogP contribution in [0.2, 0.25) is 0 Å². The lowest BCUT2D eigenvalue weighted by molar-refractivity contribution is -0.222. The van der Waals surface area contributed by atoms with Crippen LogP contribution >= 0.6 is 31.9 Å². The van der Waals surface area contributed by atoms with E-state index >= 15 is 0 Å². The molecule has 1 aromatic rings. The van der Waals surface area contributed by atoms with Crippen LogP contribution in [0.3, 0.4) is 0 Å². The van der Waals surface area contributed by atoms with Crippen LogP contribution in [0.15, 0.2) is 21.1 Å². The van der Waals surface area contributed by atoms with E-state index in [2.05, 4.69) is 50.6 Å². The quantitative estimate of drug-likeness (QED) is 0.606. The summed E-state index contributed by atoms with van der Waals surface area (Å²) in [6.07, 6.45) is 4.88. The highest BCUT2D eigenvalue weighted by Crippen LogP contribution is 2.50. The summed E-state index contributed by atoms with van der Waals surface area (Å²) in [5, 5.41) is 0. The lowest BCUT2D eigenvalue weighted by Gasteiger charge is -2.55. The van der Waals surface area contributed by atoms with Gasteiger partial charge in [0.05, 0.1) is 16.7 Å². The van der Waals surface area contributed by atoms with E-state index < -0.39 is 0 Å². The fourth-order valence-corrected chi connectivity index (χ4v) is 5.60. The number of hydrogen-bond donors (Lipinski definition) is 0. The monoisotopic (exact) mass is 459 g/mol. The van der Waals surface area contributed by atoms with Gasteiger partial charge in [0.2, 0.25) is 5.72 Å². The summed E-state index contributed by atoms with van der Waals surface area (Å²) in [4.78, 5) is 2.47. The normalized spacial score (nSPS) is 36.2. The van der Waals surface area contributed by atoms with Crippen molar-refractivity contribution in [3.05, 3.63) is 21.1 Å². The van der Waals surface area contributed by atoms with Crippen LogP contribution in [0.5, 0.6) is 11.5 Å². The highest BCUT2D eigenvalue weighted by atomic mass is 79.9. The van der Waals surface area contributed by atoms with Crippen LogP contribution in [0.4, 0.5) is 0 Å². The zero-order chi connectivity index (χ0) is 16.9. The first-order chi connectivity index (χ1) is 11.5. The minimum absolute atomic E-state index is 0.0671. The van der Waals surface area contributed by atoms with Crippen molar-refractivity contribution in [3.63, 3.8) is 0 Å². The zero-order valence-electron chi connectivity index (χ0n) is 14.1. The molecule has 24 heavy (non-hydrogen) atoms. The summed E-state index contributed by atoms with van der Waals surface area (Å²) in [5.74, 6) is 1.65. The van der Waals surface area contributed by atoms with E-state index in [0.717, 1.165) is 46.4 Å². The molecular formula is C18H23Br2NO3. The van der Waals surface area contributed by atoms with Gasteiger partial charge in [-0.05, 0) is 61.2 Å². The molecule has 0 aromatic heterocycles. The van der Waals surface area contributed by atoms with Gasteiger partial charge in [-0.2, -0.15) is 0 Å². The summed E-state index contributed by atoms with van der Waals surface area (Å²) < 4.78 is 21.0. The van der Waals surface area contributed by atoms with Gasteiger partial charge in [0.1, 0.15) is 0 Å². The Hall–Kier alpha value is -0.300. The Morgan fingerprint density at radius 3 is 2.62 bits per heavy atom. The van der Waals surface area contributed by atoms with Gasteiger partial charge in [-0.1, -0.05) is 15.9 Å². The first-order valence-electron chi connectivity index (χ1n) is 8.73. The van der Waals surface area contributed by atoms with E-state index in [-0.39, 0.29) is 24.0 Å². The van der Waals surface area contributed by atoms with Gasteiger partial charge in [0.15, 0.2) is 17.6 Å². The molecule has 0 bridgehead atoms. The summed E-state index contributed by atoms with van der Waals surface area (Å²) >= 11 is 7.19. The van der Waals surface area contributed by atoms with Crippen LogP contribution in [0.1, 0.15) is 39.5 Å². The standard InChI is InChI=1S/C18H23Br2NO3/c1-11-9-21(10-12(2)22-11)18-6-4-3-5-16(18)23-15-8-13(19)7-14(20)17(15)24-18/h7-8,11-12,16H,3-6,9-10H2,1-2H3. The molecule has 6 heteroatoms. The van der Waals surface area contributed by atoms with Crippen molar-refractivity contribution in [1.82, 2.24) is 4.90 Å². The van der Waals surface area contributed by atoms with Gasteiger partial charge in [0, 0.05) is 24.0 Å². The Morgan fingerprint density at radius 2 is 1.88 bits per heavy atom. The largest absolute Gasteiger partial charge is 0.481 e. The van der Waals surface area contributed by atoms with E-state index in [1.54, 1.807) is 0 Å².